The van der Waals surface area contributed by atoms with Gasteiger partial charge in [0.1, 0.15) is 0 Å². The summed E-state index contributed by atoms with van der Waals surface area (Å²) in [6.45, 7) is 3.21. The van der Waals surface area contributed by atoms with Crippen LogP contribution in [0.4, 0.5) is 20.2 Å². The number of hydrogen-bond donors (Lipinski definition) is 2. The second kappa shape index (κ2) is 7.09. The van der Waals surface area contributed by atoms with Gasteiger partial charge in [-0.2, -0.15) is 0 Å². The number of benzene rings is 2. The predicted molar refractivity (Wildman–Crippen MR) is 95.3 cm³/mol. The van der Waals surface area contributed by atoms with E-state index in [4.69, 9.17) is 0 Å². The van der Waals surface area contributed by atoms with Gasteiger partial charge in [-0.15, -0.1) is 0 Å². The molecule has 3 rings (SSSR count). The summed E-state index contributed by atoms with van der Waals surface area (Å²) in [4.78, 5) is 14.5. The van der Waals surface area contributed by atoms with Crippen LogP contribution in [0, 0.1) is 0 Å². The molecule has 0 unspecified atom stereocenters. The van der Waals surface area contributed by atoms with Gasteiger partial charge in [-0.3, -0.25) is 4.79 Å². The average Bonchev–Trinajstić information content (AvgIpc) is 3.00. The van der Waals surface area contributed by atoms with Crippen LogP contribution in [0.25, 0.3) is 0 Å². The molecule has 2 aromatic rings. The minimum atomic E-state index is -2.53. The third kappa shape index (κ3) is 3.43. The summed E-state index contributed by atoms with van der Waals surface area (Å²) in [5, 5.41) is 6.23. The standard InChI is InChI=1S/C19H21F2N3O/c1-3-12-8-9-16-17(24(2)11-23-16)15(12)10-22-19(25)14-6-4-13(5-7-14)18(20)21/h4-9,18,23H,3,10-11H2,1-2H3,(H,22,25). The molecular weight excluding hydrogens is 324 g/mol. The van der Waals surface area contributed by atoms with E-state index in [1.807, 2.05) is 7.05 Å². The van der Waals surface area contributed by atoms with Gasteiger partial charge in [0.2, 0.25) is 0 Å². The summed E-state index contributed by atoms with van der Waals surface area (Å²) in [6.07, 6.45) is -1.66. The molecule has 0 atom stereocenters. The topological polar surface area (TPSA) is 44.4 Å². The fourth-order valence-electron chi connectivity index (χ4n) is 3.12. The predicted octanol–water partition coefficient (Wildman–Crippen LogP) is 3.94. The molecule has 25 heavy (non-hydrogen) atoms. The third-order valence-electron chi connectivity index (χ3n) is 4.50. The summed E-state index contributed by atoms with van der Waals surface area (Å²) in [7, 11) is 2.01. The van der Waals surface area contributed by atoms with E-state index in [1.165, 1.54) is 29.8 Å². The molecule has 0 aromatic heterocycles. The summed E-state index contributed by atoms with van der Waals surface area (Å²) in [5.41, 5.74) is 4.73. The van der Waals surface area contributed by atoms with E-state index in [0.29, 0.717) is 12.1 Å². The van der Waals surface area contributed by atoms with Crippen LogP contribution in [-0.2, 0) is 13.0 Å². The highest BCUT2D eigenvalue weighted by molar-refractivity contribution is 5.94. The Hall–Kier alpha value is -2.63. The largest absolute Gasteiger partial charge is 0.366 e. The molecule has 6 heteroatoms. The maximum absolute atomic E-state index is 12.6. The van der Waals surface area contributed by atoms with E-state index in [0.717, 1.165) is 30.0 Å². The molecule has 0 saturated carbocycles. The number of halogens is 2. The minimum Gasteiger partial charge on any atom is -0.366 e. The first kappa shape index (κ1) is 17.2. The van der Waals surface area contributed by atoms with E-state index in [1.54, 1.807) is 0 Å². The Labute approximate surface area is 145 Å². The molecule has 4 nitrogen and oxygen atoms in total. The molecule has 0 aliphatic carbocycles. The Morgan fingerprint density at radius 2 is 1.96 bits per heavy atom. The zero-order valence-electron chi connectivity index (χ0n) is 14.3. The Kier molecular flexibility index (Phi) is 4.88. The quantitative estimate of drug-likeness (QED) is 0.863. The highest BCUT2D eigenvalue weighted by Crippen LogP contribution is 2.36. The Morgan fingerprint density at radius 3 is 2.60 bits per heavy atom. The number of nitrogens with one attached hydrogen (secondary N) is 2. The van der Waals surface area contributed by atoms with Gasteiger partial charge in [-0.25, -0.2) is 8.78 Å². The van der Waals surface area contributed by atoms with Crippen molar-refractivity contribution < 1.29 is 13.6 Å². The average molecular weight is 345 g/mol. The van der Waals surface area contributed by atoms with Crippen molar-refractivity contribution in [3.05, 3.63) is 58.7 Å². The van der Waals surface area contributed by atoms with Gasteiger partial charge in [0.15, 0.2) is 0 Å². The van der Waals surface area contributed by atoms with E-state index in [-0.39, 0.29) is 11.5 Å². The lowest BCUT2D eigenvalue weighted by Crippen LogP contribution is -2.25. The number of aryl methyl sites for hydroxylation is 1. The number of anilines is 2. The number of carbonyl (C=O) groups is 1. The van der Waals surface area contributed by atoms with Crippen LogP contribution in [0.2, 0.25) is 0 Å². The summed E-state index contributed by atoms with van der Waals surface area (Å²) in [5.74, 6) is -0.269. The molecule has 0 bridgehead atoms. The number of amides is 1. The number of alkyl halides is 2. The number of rotatable bonds is 5. The second-order valence-electron chi connectivity index (χ2n) is 6.09. The van der Waals surface area contributed by atoms with Crippen molar-refractivity contribution in [2.24, 2.45) is 0 Å². The van der Waals surface area contributed by atoms with Crippen molar-refractivity contribution in [2.75, 3.05) is 23.9 Å². The Bertz CT molecular complexity index is 775. The minimum absolute atomic E-state index is 0.0848. The first-order valence-electron chi connectivity index (χ1n) is 8.27. The lowest BCUT2D eigenvalue weighted by atomic mass is 10.0. The number of fused-ring (bicyclic) bond motifs is 1. The molecular formula is C19H21F2N3O. The van der Waals surface area contributed by atoms with Crippen LogP contribution in [0.3, 0.4) is 0 Å². The fraction of sp³-hybridized carbons (Fsp3) is 0.316. The molecule has 1 amide bonds. The number of nitrogens with zero attached hydrogens (tertiary/aromatic N) is 1. The van der Waals surface area contributed by atoms with Crippen LogP contribution in [0.5, 0.6) is 0 Å². The first-order chi connectivity index (χ1) is 12.0. The van der Waals surface area contributed by atoms with E-state index in [2.05, 4.69) is 34.6 Å². The second-order valence-corrected chi connectivity index (χ2v) is 6.09. The van der Waals surface area contributed by atoms with Crippen LogP contribution in [0.15, 0.2) is 36.4 Å². The van der Waals surface area contributed by atoms with Crippen LogP contribution in [-0.4, -0.2) is 19.6 Å². The maximum atomic E-state index is 12.6. The van der Waals surface area contributed by atoms with Crippen molar-refractivity contribution in [3.8, 4) is 0 Å². The van der Waals surface area contributed by atoms with Crippen molar-refractivity contribution in [1.82, 2.24) is 5.32 Å². The first-order valence-corrected chi connectivity index (χ1v) is 8.27. The molecule has 1 aliphatic rings. The van der Waals surface area contributed by atoms with Crippen molar-refractivity contribution in [1.29, 1.82) is 0 Å². The van der Waals surface area contributed by atoms with Crippen LogP contribution < -0.4 is 15.5 Å². The van der Waals surface area contributed by atoms with Gasteiger partial charge in [0, 0.05) is 24.7 Å². The molecule has 0 saturated heterocycles. The van der Waals surface area contributed by atoms with Crippen LogP contribution >= 0.6 is 0 Å². The lowest BCUT2D eigenvalue weighted by Gasteiger charge is -2.19. The highest BCUT2D eigenvalue weighted by atomic mass is 19.3. The van der Waals surface area contributed by atoms with E-state index >= 15 is 0 Å². The Morgan fingerprint density at radius 1 is 1.24 bits per heavy atom. The van der Waals surface area contributed by atoms with E-state index < -0.39 is 6.43 Å². The van der Waals surface area contributed by atoms with Crippen molar-refractivity contribution in [2.45, 2.75) is 26.3 Å². The monoisotopic (exact) mass is 345 g/mol. The fourth-order valence-corrected chi connectivity index (χ4v) is 3.12. The normalized spacial score (nSPS) is 12.9. The van der Waals surface area contributed by atoms with Gasteiger partial charge in [-0.05, 0) is 35.7 Å². The Balaban J connectivity index is 1.77. The van der Waals surface area contributed by atoms with Crippen LogP contribution in [0.1, 0.15) is 40.4 Å². The van der Waals surface area contributed by atoms with Gasteiger partial charge in [-0.1, -0.05) is 25.1 Å². The maximum Gasteiger partial charge on any atom is 0.263 e. The number of carbonyl (C=O) groups excluding carboxylic acids is 1. The van der Waals surface area contributed by atoms with Gasteiger partial charge < -0.3 is 15.5 Å². The van der Waals surface area contributed by atoms with Crippen molar-refractivity contribution in [3.63, 3.8) is 0 Å². The summed E-state index contributed by atoms with van der Waals surface area (Å²) >= 11 is 0. The van der Waals surface area contributed by atoms with Gasteiger partial charge in [0.05, 0.1) is 18.0 Å². The van der Waals surface area contributed by atoms with Gasteiger partial charge in [0.25, 0.3) is 12.3 Å². The summed E-state index contributed by atoms with van der Waals surface area (Å²) in [6, 6.07) is 9.57. The number of hydrogen-bond acceptors (Lipinski definition) is 3. The molecule has 1 aliphatic heterocycles. The molecule has 0 fully saturated rings. The highest BCUT2D eigenvalue weighted by Gasteiger charge is 2.21. The zero-order chi connectivity index (χ0) is 18.0. The molecule has 0 spiro atoms. The SMILES string of the molecule is CCc1ccc2c(c1CNC(=O)c1ccc(C(F)F)cc1)N(C)CN2. The zero-order valence-corrected chi connectivity index (χ0v) is 14.3. The summed E-state index contributed by atoms with van der Waals surface area (Å²) < 4.78 is 25.2. The molecule has 2 N–H and O–H groups in total. The molecule has 2 aromatic carbocycles. The third-order valence-corrected chi connectivity index (χ3v) is 4.50. The van der Waals surface area contributed by atoms with Gasteiger partial charge >= 0.3 is 0 Å². The molecule has 132 valence electrons. The molecule has 1 heterocycles. The van der Waals surface area contributed by atoms with E-state index in [9.17, 15) is 13.6 Å². The van der Waals surface area contributed by atoms with Crippen molar-refractivity contribution >= 4 is 17.3 Å². The lowest BCUT2D eigenvalue weighted by molar-refractivity contribution is 0.0950. The smallest absolute Gasteiger partial charge is 0.263 e. The molecule has 0 radical (unpaired) electrons.